The third kappa shape index (κ3) is 4.10. The minimum absolute atomic E-state index is 0.0657. The van der Waals surface area contributed by atoms with E-state index in [0.29, 0.717) is 52.4 Å². The maximum absolute atomic E-state index is 13.3. The number of hydrogen-bond donors (Lipinski definition) is 0. The summed E-state index contributed by atoms with van der Waals surface area (Å²) in [5.41, 5.74) is 1.21. The van der Waals surface area contributed by atoms with Crippen LogP contribution < -0.4 is 15.0 Å². The Kier molecular flexibility index (Phi) is 6.03. The van der Waals surface area contributed by atoms with E-state index < -0.39 is 0 Å². The van der Waals surface area contributed by atoms with Crippen LogP contribution >= 0.6 is 11.8 Å². The molecule has 29 heavy (non-hydrogen) atoms. The van der Waals surface area contributed by atoms with Crippen LogP contribution in [0.4, 0.5) is 0 Å². The molecule has 2 heterocycles. The van der Waals surface area contributed by atoms with Gasteiger partial charge in [0.2, 0.25) is 0 Å². The SMILES string of the molecule is COc1ccc(-n2c(SC[C@@H]3CCOCO3)nc3ccccc3c2=O)cc1OC. The van der Waals surface area contributed by atoms with Gasteiger partial charge in [0.1, 0.15) is 6.79 Å². The highest BCUT2D eigenvalue weighted by molar-refractivity contribution is 7.99. The first-order chi connectivity index (χ1) is 14.2. The van der Waals surface area contributed by atoms with Gasteiger partial charge < -0.3 is 18.9 Å². The van der Waals surface area contributed by atoms with Crippen molar-refractivity contribution in [3.8, 4) is 17.2 Å². The maximum Gasteiger partial charge on any atom is 0.266 e. The van der Waals surface area contributed by atoms with Gasteiger partial charge in [0.25, 0.3) is 5.56 Å². The molecule has 0 radical (unpaired) electrons. The molecule has 0 aliphatic carbocycles. The van der Waals surface area contributed by atoms with Gasteiger partial charge in [-0.1, -0.05) is 23.9 Å². The molecule has 1 saturated heterocycles. The molecule has 1 atom stereocenters. The molecule has 3 aromatic rings. The monoisotopic (exact) mass is 414 g/mol. The first kappa shape index (κ1) is 19.8. The van der Waals surface area contributed by atoms with Crippen molar-refractivity contribution in [3.05, 3.63) is 52.8 Å². The third-order valence-electron chi connectivity index (χ3n) is 4.74. The van der Waals surface area contributed by atoms with E-state index in [1.807, 2.05) is 24.3 Å². The summed E-state index contributed by atoms with van der Waals surface area (Å²) in [6, 6.07) is 12.8. The van der Waals surface area contributed by atoms with Crippen molar-refractivity contribution >= 4 is 22.7 Å². The van der Waals surface area contributed by atoms with E-state index in [1.54, 1.807) is 37.0 Å². The van der Waals surface area contributed by atoms with E-state index in [4.69, 9.17) is 23.9 Å². The highest BCUT2D eigenvalue weighted by Crippen LogP contribution is 2.31. The van der Waals surface area contributed by atoms with Crippen molar-refractivity contribution in [2.24, 2.45) is 0 Å². The summed E-state index contributed by atoms with van der Waals surface area (Å²) in [4.78, 5) is 18.1. The lowest BCUT2D eigenvalue weighted by Gasteiger charge is -2.22. The Morgan fingerprint density at radius 1 is 1.17 bits per heavy atom. The van der Waals surface area contributed by atoms with Crippen molar-refractivity contribution in [1.29, 1.82) is 0 Å². The van der Waals surface area contributed by atoms with E-state index in [-0.39, 0.29) is 11.7 Å². The smallest absolute Gasteiger partial charge is 0.266 e. The number of ether oxygens (including phenoxy) is 4. The largest absolute Gasteiger partial charge is 0.493 e. The van der Waals surface area contributed by atoms with Crippen LogP contribution in [0.2, 0.25) is 0 Å². The molecule has 8 heteroatoms. The normalized spacial score (nSPS) is 16.7. The molecule has 7 nitrogen and oxygen atoms in total. The quantitative estimate of drug-likeness (QED) is 0.453. The summed E-state index contributed by atoms with van der Waals surface area (Å²) < 4.78 is 23.2. The highest BCUT2D eigenvalue weighted by atomic mass is 32.2. The van der Waals surface area contributed by atoms with Crippen molar-refractivity contribution < 1.29 is 18.9 Å². The van der Waals surface area contributed by atoms with Gasteiger partial charge in [-0.05, 0) is 30.7 Å². The Bertz CT molecular complexity index is 1060. The molecule has 1 fully saturated rings. The molecular weight excluding hydrogens is 392 g/mol. The standard InChI is InChI=1S/C21H22N2O5S/c1-25-18-8-7-14(11-19(18)26-2)23-20(24)16-5-3-4-6-17(16)22-21(23)29-12-15-9-10-27-13-28-15/h3-8,11,15H,9-10,12-13H2,1-2H3/t15-/m0/s1. The average Bonchev–Trinajstić information content (AvgIpc) is 2.78. The second kappa shape index (κ2) is 8.86. The van der Waals surface area contributed by atoms with Crippen LogP contribution in [-0.4, -0.2) is 49.0 Å². The number of benzene rings is 2. The minimum atomic E-state index is -0.127. The van der Waals surface area contributed by atoms with Gasteiger partial charge in [-0.3, -0.25) is 9.36 Å². The summed E-state index contributed by atoms with van der Waals surface area (Å²) in [7, 11) is 3.15. The van der Waals surface area contributed by atoms with Gasteiger partial charge >= 0.3 is 0 Å². The number of thioether (sulfide) groups is 1. The molecule has 1 aromatic heterocycles. The van der Waals surface area contributed by atoms with Gasteiger partial charge in [0.15, 0.2) is 16.7 Å². The lowest BCUT2D eigenvalue weighted by Crippen LogP contribution is -2.27. The minimum Gasteiger partial charge on any atom is -0.493 e. The summed E-state index contributed by atoms with van der Waals surface area (Å²) in [5, 5.41) is 1.17. The van der Waals surface area contributed by atoms with Crippen LogP contribution in [0, 0.1) is 0 Å². The summed E-state index contributed by atoms with van der Waals surface area (Å²) in [5.74, 6) is 1.83. The van der Waals surface area contributed by atoms with E-state index >= 15 is 0 Å². The lowest BCUT2D eigenvalue weighted by atomic mass is 10.2. The molecule has 0 N–H and O–H groups in total. The lowest BCUT2D eigenvalue weighted by molar-refractivity contribution is -0.130. The Labute approximate surface area is 172 Å². The Morgan fingerprint density at radius 2 is 2.00 bits per heavy atom. The molecule has 0 bridgehead atoms. The van der Waals surface area contributed by atoms with Crippen LogP contribution in [0.5, 0.6) is 11.5 Å². The molecule has 0 amide bonds. The average molecular weight is 414 g/mol. The summed E-state index contributed by atoms with van der Waals surface area (Å²) in [6.45, 7) is 0.984. The Morgan fingerprint density at radius 3 is 2.76 bits per heavy atom. The predicted octanol–water partition coefficient (Wildman–Crippen LogP) is 3.26. The topological polar surface area (TPSA) is 71.8 Å². The number of rotatable bonds is 6. The van der Waals surface area contributed by atoms with Gasteiger partial charge in [-0.25, -0.2) is 4.98 Å². The van der Waals surface area contributed by atoms with Crippen molar-refractivity contribution in [3.63, 3.8) is 0 Å². The number of nitrogens with zero attached hydrogens (tertiary/aromatic N) is 2. The van der Waals surface area contributed by atoms with Crippen molar-refractivity contribution in [2.45, 2.75) is 17.7 Å². The van der Waals surface area contributed by atoms with E-state index in [0.717, 1.165) is 6.42 Å². The van der Waals surface area contributed by atoms with Gasteiger partial charge in [0, 0.05) is 11.8 Å². The van der Waals surface area contributed by atoms with Crippen LogP contribution in [-0.2, 0) is 9.47 Å². The third-order valence-corrected chi connectivity index (χ3v) is 5.81. The molecule has 0 saturated carbocycles. The second-order valence-corrected chi connectivity index (χ2v) is 7.49. The molecule has 1 aliphatic heterocycles. The fourth-order valence-corrected chi connectivity index (χ4v) is 4.28. The van der Waals surface area contributed by atoms with Crippen LogP contribution in [0.3, 0.4) is 0 Å². The number of hydrogen-bond acceptors (Lipinski definition) is 7. The zero-order valence-corrected chi connectivity index (χ0v) is 17.1. The number of fused-ring (bicyclic) bond motifs is 1. The zero-order chi connectivity index (χ0) is 20.2. The van der Waals surface area contributed by atoms with Gasteiger partial charge in [0.05, 0.1) is 43.5 Å². The maximum atomic E-state index is 13.3. The van der Waals surface area contributed by atoms with Crippen LogP contribution in [0.25, 0.3) is 16.6 Å². The number of methoxy groups -OCH3 is 2. The van der Waals surface area contributed by atoms with Gasteiger partial charge in [-0.15, -0.1) is 0 Å². The Hall–Kier alpha value is -2.55. The van der Waals surface area contributed by atoms with Gasteiger partial charge in [-0.2, -0.15) is 0 Å². The van der Waals surface area contributed by atoms with E-state index in [1.165, 1.54) is 11.8 Å². The predicted molar refractivity (Wildman–Crippen MR) is 111 cm³/mol. The fraction of sp³-hybridized carbons (Fsp3) is 0.333. The molecule has 4 rings (SSSR count). The molecular formula is C21H22N2O5S. The van der Waals surface area contributed by atoms with E-state index in [9.17, 15) is 4.79 Å². The van der Waals surface area contributed by atoms with Crippen molar-refractivity contribution in [2.75, 3.05) is 33.4 Å². The molecule has 0 unspecified atom stereocenters. The fourth-order valence-electron chi connectivity index (χ4n) is 3.20. The van der Waals surface area contributed by atoms with Crippen LogP contribution in [0.15, 0.2) is 52.4 Å². The molecule has 0 spiro atoms. The number of aromatic nitrogens is 2. The first-order valence-electron chi connectivity index (χ1n) is 9.27. The summed E-state index contributed by atoms with van der Waals surface area (Å²) in [6.07, 6.45) is 0.886. The summed E-state index contributed by atoms with van der Waals surface area (Å²) >= 11 is 1.50. The zero-order valence-electron chi connectivity index (χ0n) is 16.3. The molecule has 152 valence electrons. The highest BCUT2D eigenvalue weighted by Gasteiger charge is 2.19. The first-order valence-corrected chi connectivity index (χ1v) is 10.3. The van der Waals surface area contributed by atoms with Crippen LogP contribution in [0.1, 0.15) is 6.42 Å². The Balaban J connectivity index is 1.80. The molecule has 1 aliphatic rings. The number of para-hydroxylation sites is 1. The van der Waals surface area contributed by atoms with E-state index in [2.05, 4.69) is 0 Å². The second-order valence-electron chi connectivity index (χ2n) is 6.51. The van der Waals surface area contributed by atoms with Crippen molar-refractivity contribution in [1.82, 2.24) is 9.55 Å². The molecule has 2 aromatic carbocycles.